The van der Waals surface area contributed by atoms with Crippen LogP contribution in [0, 0.1) is 5.92 Å². The van der Waals surface area contributed by atoms with Gasteiger partial charge in [-0.05, 0) is 36.8 Å². The van der Waals surface area contributed by atoms with Gasteiger partial charge < -0.3 is 9.32 Å². The smallest absolute Gasteiger partial charge is 0.257 e. The van der Waals surface area contributed by atoms with Crippen LogP contribution >= 0.6 is 0 Å². The predicted octanol–water partition coefficient (Wildman–Crippen LogP) is 3.37. The van der Waals surface area contributed by atoms with Crippen LogP contribution in [0.15, 0.2) is 53.3 Å². The normalized spacial score (nSPS) is 16.3. The van der Waals surface area contributed by atoms with Crippen LogP contribution in [0.5, 0.6) is 0 Å². The van der Waals surface area contributed by atoms with Crippen molar-refractivity contribution in [2.75, 3.05) is 13.1 Å². The number of rotatable bonds is 3. The molecule has 0 bridgehead atoms. The third kappa shape index (κ3) is 2.93. The van der Waals surface area contributed by atoms with Gasteiger partial charge in [0.15, 0.2) is 0 Å². The van der Waals surface area contributed by atoms with Gasteiger partial charge in [0.25, 0.3) is 5.91 Å². The van der Waals surface area contributed by atoms with Crippen LogP contribution in [0.25, 0.3) is 0 Å². The van der Waals surface area contributed by atoms with E-state index in [0.29, 0.717) is 11.5 Å². The van der Waals surface area contributed by atoms with Gasteiger partial charge in [0.1, 0.15) is 6.26 Å². The fourth-order valence-electron chi connectivity index (χ4n) is 2.86. The molecule has 1 aliphatic rings. The Balaban J connectivity index is 1.53. The SMILES string of the molecule is O=C(c1ccoc1)N1CCC(Cc2ccccc2)CC1. The second kappa shape index (κ2) is 5.95. The number of amides is 1. The molecule has 20 heavy (non-hydrogen) atoms. The topological polar surface area (TPSA) is 33.5 Å². The van der Waals surface area contributed by atoms with Crippen molar-refractivity contribution >= 4 is 5.91 Å². The van der Waals surface area contributed by atoms with Crippen molar-refractivity contribution in [2.24, 2.45) is 5.92 Å². The molecule has 0 unspecified atom stereocenters. The molecular weight excluding hydrogens is 250 g/mol. The zero-order valence-electron chi connectivity index (χ0n) is 11.5. The molecule has 3 nitrogen and oxygen atoms in total. The summed E-state index contributed by atoms with van der Waals surface area (Å²) in [7, 11) is 0. The average Bonchev–Trinajstić information content (AvgIpc) is 3.03. The first-order valence-corrected chi connectivity index (χ1v) is 7.18. The Morgan fingerprint density at radius 2 is 1.90 bits per heavy atom. The molecule has 104 valence electrons. The van der Waals surface area contributed by atoms with Gasteiger partial charge in [-0.2, -0.15) is 0 Å². The van der Waals surface area contributed by atoms with Crippen molar-refractivity contribution in [1.29, 1.82) is 0 Å². The van der Waals surface area contributed by atoms with Crippen LogP contribution in [-0.4, -0.2) is 23.9 Å². The van der Waals surface area contributed by atoms with Crippen LogP contribution in [-0.2, 0) is 6.42 Å². The molecule has 1 aromatic carbocycles. The zero-order chi connectivity index (χ0) is 13.8. The number of furan rings is 1. The maximum Gasteiger partial charge on any atom is 0.257 e. The quantitative estimate of drug-likeness (QED) is 0.856. The van der Waals surface area contributed by atoms with Crippen LogP contribution in [0.2, 0.25) is 0 Å². The van der Waals surface area contributed by atoms with Crippen molar-refractivity contribution < 1.29 is 9.21 Å². The molecule has 1 aliphatic heterocycles. The molecule has 0 aliphatic carbocycles. The standard InChI is InChI=1S/C17H19NO2/c19-17(16-8-11-20-13-16)18-9-6-15(7-10-18)12-14-4-2-1-3-5-14/h1-5,8,11,13,15H,6-7,9-10,12H2. The summed E-state index contributed by atoms with van der Waals surface area (Å²) in [6.45, 7) is 1.70. The number of hydrogen-bond acceptors (Lipinski definition) is 2. The highest BCUT2D eigenvalue weighted by Crippen LogP contribution is 2.22. The molecule has 0 spiro atoms. The number of hydrogen-bond donors (Lipinski definition) is 0. The summed E-state index contributed by atoms with van der Waals surface area (Å²) in [5.74, 6) is 0.780. The molecule has 0 N–H and O–H groups in total. The lowest BCUT2D eigenvalue weighted by atomic mass is 9.90. The van der Waals surface area contributed by atoms with Gasteiger partial charge in [-0.1, -0.05) is 30.3 Å². The lowest BCUT2D eigenvalue weighted by Gasteiger charge is -2.31. The predicted molar refractivity (Wildman–Crippen MR) is 77.5 cm³/mol. The van der Waals surface area contributed by atoms with Gasteiger partial charge in [-0.3, -0.25) is 4.79 Å². The number of piperidine rings is 1. The summed E-state index contributed by atoms with van der Waals surface area (Å²) in [6.07, 6.45) is 6.36. The molecule has 0 radical (unpaired) electrons. The first-order chi connectivity index (χ1) is 9.83. The molecule has 3 rings (SSSR count). The maximum absolute atomic E-state index is 12.2. The number of carbonyl (C=O) groups excluding carboxylic acids is 1. The minimum Gasteiger partial charge on any atom is -0.472 e. The van der Waals surface area contributed by atoms with Crippen LogP contribution in [0.4, 0.5) is 0 Å². The van der Waals surface area contributed by atoms with Crippen molar-refractivity contribution in [1.82, 2.24) is 4.90 Å². The van der Waals surface area contributed by atoms with Crippen molar-refractivity contribution in [3.05, 3.63) is 60.1 Å². The third-order valence-corrected chi connectivity index (χ3v) is 4.04. The van der Waals surface area contributed by atoms with Crippen LogP contribution < -0.4 is 0 Å². The lowest BCUT2D eigenvalue weighted by molar-refractivity contribution is 0.0690. The summed E-state index contributed by atoms with van der Waals surface area (Å²) >= 11 is 0. The Bertz CT molecular complexity index is 540. The summed E-state index contributed by atoms with van der Waals surface area (Å²) in [5.41, 5.74) is 2.05. The average molecular weight is 269 g/mol. The number of carbonyl (C=O) groups is 1. The Labute approximate surface area is 119 Å². The van der Waals surface area contributed by atoms with E-state index in [4.69, 9.17) is 4.42 Å². The Morgan fingerprint density at radius 1 is 1.15 bits per heavy atom. The molecule has 1 aromatic heterocycles. The van der Waals surface area contributed by atoms with Crippen molar-refractivity contribution in [2.45, 2.75) is 19.3 Å². The van der Waals surface area contributed by atoms with E-state index in [0.717, 1.165) is 32.4 Å². The van der Waals surface area contributed by atoms with Gasteiger partial charge >= 0.3 is 0 Å². The van der Waals surface area contributed by atoms with E-state index in [9.17, 15) is 4.79 Å². The molecule has 1 fully saturated rings. The molecule has 1 saturated heterocycles. The third-order valence-electron chi connectivity index (χ3n) is 4.04. The summed E-state index contributed by atoms with van der Waals surface area (Å²) in [5, 5.41) is 0. The molecule has 2 heterocycles. The van der Waals surface area contributed by atoms with Crippen LogP contribution in [0.3, 0.4) is 0 Å². The largest absolute Gasteiger partial charge is 0.472 e. The fourth-order valence-corrected chi connectivity index (χ4v) is 2.86. The molecule has 1 amide bonds. The Hall–Kier alpha value is -2.03. The fraction of sp³-hybridized carbons (Fsp3) is 0.353. The Morgan fingerprint density at radius 3 is 2.55 bits per heavy atom. The van der Waals surface area contributed by atoms with Gasteiger partial charge in [-0.25, -0.2) is 0 Å². The summed E-state index contributed by atoms with van der Waals surface area (Å²) in [4.78, 5) is 14.1. The highest BCUT2D eigenvalue weighted by Gasteiger charge is 2.24. The zero-order valence-corrected chi connectivity index (χ0v) is 11.5. The van der Waals surface area contributed by atoms with E-state index in [1.54, 1.807) is 12.3 Å². The first kappa shape index (κ1) is 13.0. The van der Waals surface area contributed by atoms with Gasteiger partial charge in [-0.15, -0.1) is 0 Å². The first-order valence-electron chi connectivity index (χ1n) is 7.18. The monoisotopic (exact) mass is 269 g/mol. The molecule has 0 saturated carbocycles. The number of likely N-dealkylation sites (tertiary alicyclic amines) is 1. The van der Waals surface area contributed by atoms with Gasteiger partial charge in [0, 0.05) is 13.1 Å². The maximum atomic E-state index is 12.2. The van der Waals surface area contributed by atoms with E-state index >= 15 is 0 Å². The summed E-state index contributed by atoms with van der Waals surface area (Å²) in [6, 6.07) is 12.3. The highest BCUT2D eigenvalue weighted by atomic mass is 16.3. The molecule has 0 atom stereocenters. The molecule has 3 heteroatoms. The van der Waals surface area contributed by atoms with E-state index in [1.807, 2.05) is 4.90 Å². The molecule has 2 aromatic rings. The van der Waals surface area contributed by atoms with Crippen LogP contribution in [0.1, 0.15) is 28.8 Å². The van der Waals surface area contributed by atoms with Gasteiger partial charge in [0.2, 0.25) is 0 Å². The van der Waals surface area contributed by atoms with E-state index in [1.165, 1.54) is 11.8 Å². The van der Waals surface area contributed by atoms with Crippen molar-refractivity contribution in [3.63, 3.8) is 0 Å². The minimum absolute atomic E-state index is 0.0944. The van der Waals surface area contributed by atoms with Gasteiger partial charge in [0.05, 0.1) is 11.8 Å². The lowest BCUT2D eigenvalue weighted by Crippen LogP contribution is -2.38. The Kier molecular flexibility index (Phi) is 3.86. The van der Waals surface area contributed by atoms with Crippen molar-refractivity contribution in [3.8, 4) is 0 Å². The molecular formula is C17H19NO2. The highest BCUT2D eigenvalue weighted by molar-refractivity contribution is 5.93. The van der Waals surface area contributed by atoms with E-state index in [-0.39, 0.29) is 5.91 Å². The minimum atomic E-state index is 0.0944. The van der Waals surface area contributed by atoms with E-state index in [2.05, 4.69) is 30.3 Å². The second-order valence-electron chi connectivity index (χ2n) is 5.44. The number of benzene rings is 1. The van der Waals surface area contributed by atoms with E-state index < -0.39 is 0 Å². The number of nitrogens with zero attached hydrogens (tertiary/aromatic N) is 1. The summed E-state index contributed by atoms with van der Waals surface area (Å²) < 4.78 is 4.98. The second-order valence-corrected chi connectivity index (χ2v) is 5.44.